The second-order valence-electron chi connectivity index (χ2n) is 6.36. The van der Waals surface area contributed by atoms with E-state index in [9.17, 15) is 0 Å². The Balaban J connectivity index is 1.48. The lowest BCUT2D eigenvalue weighted by atomic mass is 10.3. The van der Waals surface area contributed by atoms with Crippen LogP contribution in [0.15, 0.2) is 71.4 Å². The lowest BCUT2D eigenvalue weighted by Gasteiger charge is -2.32. The number of hydrogen-bond acceptors (Lipinski definition) is 5. The maximum absolute atomic E-state index is 5.97. The zero-order chi connectivity index (χ0) is 18.4. The average Bonchev–Trinajstić information content (AvgIpc) is 2.61. The zero-order valence-electron chi connectivity index (χ0n) is 15.3. The smallest absolute Gasteiger partial charge is 0.233 e. The number of para-hydroxylation sites is 1. The number of aliphatic imine (C=N–C) groups is 1. The first-order valence-electron chi connectivity index (χ1n) is 8.66. The van der Waals surface area contributed by atoms with E-state index >= 15 is 0 Å². The van der Waals surface area contributed by atoms with Crippen molar-refractivity contribution < 1.29 is 14.2 Å². The predicted octanol–water partition coefficient (Wildman–Crippen LogP) is 4.51. The van der Waals surface area contributed by atoms with E-state index in [1.54, 1.807) is 6.21 Å². The molecule has 136 valence electrons. The molecule has 26 heavy (non-hydrogen) atoms. The highest BCUT2D eigenvalue weighted by atomic mass is 16.6. The van der Waals surface area contributed by atoms with Gasteiger partial charge in [-0.25, -0.2) is 4.99 Å². The molecule has 5 nitrogen and oxygen atoms in total. The summed E-state index contributed by atoms with van der Waals surface area (Å²) < 4.78 is 17.6. The molecular formula is C21H24N2O3. The van der Waals surface area contributed by atoms with E-state index in [0.29, 0.717) is 6.61 Å². The molecule has 0 spiro atoms. The summed E-state index contributed by atoms with van der Waals surface area (Å²) in [6, 6.07) is 17.2. The Kier molecular flexibility index (Phi) is 5.58. The van der Waals surface area contributed by atoms with Crippen LogP contribution in [0.1, 0.15) is 20.8 Å². The Labute approximate surface area is 154 Å². The first-order chi connectivity index (χ1) is 12.5. The topological polar surface area (TPSA) is 52.1 Å². The van der Waals surface area contributed by atoms with E-state index in [2.05, 4.69) is 10.3 Å². The summed E-state index contributed by atoms with van der Waals surface area (Å²) in [7, 11) is 0. The van der Waals surface area contributed by atoms with Crippen LogP contribution in [0, 0.1) is 0 Å². The summed E-state index contributed by atoms with van der Waals surface area (Å²) in [5.74, 6) is 1.58. The SMILES string of the molecule is CC1=CC=NC(C)(OC(C)COc2ccc(Oc3ccccc3)cc2)N1. The zero-order valence-corrected chi connectivity index (χ0v) is 15.3. The largest absolute Gasteiger partial charge is 0.491 e. The second-order valence-corrected chi connectivity index (χ2v) is 6.36. The van der Waals surface area contributed by atoms with Crippen LogP contribution >= 0.6 is 0 Å². The van der Waals surface area contributed by atoms with Crippen molar-refractivity contribution in [3.8, 4) is 17.2 Å². The molecule has 1 aliphatic heterocycles. The summed E-state index contributed by atoms with van der Waals surface area (Å²) in [6.07, 6.45) is 3.53. The number of nitrogens with zero attached hydrogens (tertiary/aromatic N) is 1. The van der Waals surface area contributed by atoms with Crippen molar-refractivity contribution >= 4 is 6.21 Å². The van der Waals surface area contributed by atoms with Crippen molar-refractivity contribution in [2.24, 2.45) is 4.99 Å². The summed E-state index contributed by atoms with van der Waals surface area (Å²) in [5, 5.41) is 3.22. The van der Waals surface area contributed by atoms with E-state index in [1.807, 2.05) is 81.4 Å². The first kappa shape index (κ1) is 18.0. The molecule has 2 atom stereocenters. The Morgan fingerprint density at radius 2 is 1.65 bits per heavy atom. The van der Waals surface area contributed by atoms with Gasteiger partial charge in [0.05, 0.1) is 6.10 Å². The fourth-order valence-corrected chi connectivity index (χ4v) is 2.66. The minimum absolute atomic E-state index is 0.129. The standard InChI is InChI=1S/C21H24N2O3/c1-16-13-14-22-21(3,23-16)26-17(2)15-24-18-9-11-20(12-10-18)25-19-7-5-4-6-8-19/h4-14,17,23H,15H2,1-3H3. The lowest BCUT2D eigenvalue weighted by molar-refractivity contribution is -0.0980. The van der Waals surface area contributed by atoms with Gasteiger partial charge in [-0.05, 0) is 56.3 Å². The van der Waals surface area contributed by atoms with E-state index < -0.39 is 5.85 Å². The molecule has 2 aromatic carbocycles. The molecule has 0 saturated heterocycles. The van der Waals surface area contributed by atoms with Crippen LogP contribution < -0.4 is 14.8 Å². The molecule has 5 heteroatoms. The van der Waals surface area contributed by atoms with Gasteiger partial charge in [0.25, 0.3) is 0 Å². The number of rotatable bonds is 7. The van der Waals surface area contributed by atoms with Crippen molar-refractivity contribution in [3.63, 3.8) is 0 Å². The van der Waals surface area contributed by atoms with Crippen LogP contribution in [-0.4, -0.2) is 24.8 Å². The number of nitrogens with one attached hydrogen (secondary N) is 1. The fourth-order valence-electron chi connectivity index (χ4n) is 2.66. The molecule has 0 radical (unpaired) electrons. The van der Waals surface area contributed by atoms with Crippen molar-refractivity contribution in [2.45, 2.75) is 32.7 Å². The summed E-state index contributed by atoms with van der Waals surface area (Å²) in [6.45, 7) is 6.26. The van der Waals surface area contributed by atoms with Gasteiger partial charge in [-0.3, -0.25) is 0 Å². The van der Waals surface area contributed by atoms with Crippen molar-refractivity contribution in [3.05, 3.63) is 66.4 Å². The van der Waals surface area contributed by atoms with Crippen LogP contribution in [0.4, 0.5) is 0 Å². The van der Waals surface area contributed by atoms with Gasteiger partial charge in [-0.2, -0.15) is 0 Å². The Bertz CT molecular complexity index is 772. The van der Waals surface area contributed by atoms with Gasteiger partial charge >= 0.3 is 0 Å². The molecule has 1 heterocycles. The van der Waals surface area contributed by atoms with Gasteiger partial charge in [0.1, 0.15) is 23.9 Å². The molecule has 2 aromatic rings. The molecule has 0 aliphatic carbocycles. The van der Waals surface area contributed by atoms with Gasteiger partial charge < -0.3 is 19.5 Å². The van der Waals surface area contributed by atoms with E-state index in [-0.39, 0.29) is 6.10 Å². The lowest BCUT2D eigenvalue weighted by Crippen LogP contribution is -2.46. The number of hydrogen-bond donors (Lipinski definition) is 1. The fraction of sp³-hybridized carbons (Fsp3) is 0.286. The third kappa shape index (κ3) is 5.10. The highest BCUT2D eigenvalue weighted by Crippen LogP contribution is 2.24. The summed E-state index contributed by atoms with van der Waals surface area (Å²) >= 11 is 0. The molecule has 3 rings (SSSR count). The Morgan fingerprint density at radius 3 is 2.35 bits per heavy atom. The Morgan fingerprint density at radius 1 is 1.00 bits per heavy atom. The highest BCUT2D eigenvalue weighted by Gasteiger charge is 2.27. The van der Waals surface area contributed by atoms with Crippen molar-refractivity contribution in [1.82, 2.24) is 5.32 Å². The molecule has 0 saturated carbocycles. The maximum Gasteiger partial charge on any atom is 0.233 e. The normalized spacial score (nSPS) is 20.0. The molecule has 0 fully saturated rings. The van der Waals surface area contributed by atoms with E-state index in [4.69, 9.17) is 14.2 Å². The van der Waals surface area contributed by atoms with Crippen LogP contribution in [0.25, 0.3) is 0 Å². The number of benzene rings is 2. The summed E-state index contributed by atoms with van der Waals surface area (Å²) in [4.78, 5) is 4.35. The molecule has 2 unspecified atom stereocenters. The minimum atomic E-state index is -0.755. The van der Waals surface area contributed by atoms with Gasteiger partial charge in [-0.1, -0.05) is 18.2 Å². The van der Waals surface area contributed by atoms with Gasteiger partial charge in [0, 0.05) is 18.8 Å². The van der Waals surface area contributed by atoms with Crippen molar-refractivity contribution in [2.75, 3.05) is 6.61 Å². The quantitative estimate of drug-likeness (QED) is 0.796. The molecule has 0 aromatic heterocycles. The highest BCUT2D eigenvalue weighted by molar-refractivity contribution is 5.73. The molecule has 0 bridgehead atoms. The maximum atomic E-state index is 5.97. The summed E-state index contributed by atoms with van der Waals surface area (Å²) in [5.41, 5.74) is 1.02. The molecule has 0 amide bonds. The monoisotopic (exact) mass is 352 g/mol. The average molecular weight is 352 g/mol. The number of ether oxygens (including phenoxy) is 3. The molecule has 1 N–H and O–H groups in total. The number of allylic oxidation sites excluding steroid dienone is 2. The van der Waals surface area contributed by atoms with Crippen LogP contribution in [0.3, 0.4) is 0 Å². The third-order valence-electron chi connectivity index (χ3n) is 3.79. The predicted molar refractivity (Wildman–Crippen MR) is 103 cm³/mol. The van der Waals surface area contributed by atoms with Gasteiger partial charge in [0.15, 0.2) is 0 Å². The van der Waals surface area contributed by atoms with Crippen LogP contribution in [0.2, 0.25) is 0 Å². The minimum Gasteiger partial charge on any atom is -0.491 e. The first-order valence-corrected chi connectivity index (χ1v) is 8.66. The van der Waals surface area contributed by atoms with Crippen molar-refractivity contribution in [1.29, 1.82) is 0 Å². The van der Waals surface area contributed by atoms with Gasteiger partial charge in [0.2, 0.25) is 5.85 Å². The van der Waals surface area contributed by atoms with E-state index in [1.165, 1.54) is 0 Å². The van der Waals surface area contributed by atoms with Crippen LogP contribution in [0.5, 0.6) is 17.2 Å². The van der Waals surface area contributed by atoms with Crippen LogP contribution in [-0.2, 0) is 4.74 Å². The third-order valence-corrected chi connectivity index (χ3v) is 3.79. The second kappa shape index (κ2) is 8.06. The molecular weight excluding hydrogens is 328 g/mol. The Hall–Kier alpha value is -2.79. The van der Waals surface area contributed by atoms with E-state index in [0.717, 1.165) is 22.9 Å². The van der Waals surface area contributed by atoms with Gasteiger partial charge in [-0.15, -0.1) is 0 Å². The molecule has 1 aliphatic rings.